The average molecular weight is 859 g/mol. The summed E-state index contributed by atoms with van der Waals surface area (Å²) in [4.78, 5) is 74.8. The molecule has 4 amide bonds. The molecular formula is C48H51ClN6O7. The van der Waals surface area contributed by atoms with Crippen LogP contribution in [0.4, 0.5) is 4.79 Å². The van der Waals surface area contributed by atoms with Gasteiger partial charge in [-0.1, -0.05) is 55.1 Å². The van der Waals surface area contributed by atoms with Crippen LogP contribution in [-0.2, 0) is 31.7 Å². The largest absolute Gasteiger partial charge is 0.492 e. The van der Waals surface area contributed by atoms with Gasteiger partial charge in [-0.25, -0.2) is 4.79 Å². The summed E-state index contributed by atoms with van der Waals surface area (Å²) in [6.45, 7) is 5.11. The van der Waals surface area contributed by atoms with Gasteiger partial charge in [-0.05, 0) is 106 Å². The molecule has 1 atom stereocenters. The normalized spacial score (nSPS) is 22.7. The van der Waals surface area contributed by atoms with E-state index < -0.39 is 11.9 Å². The van der Waals surface area contributed by atoms with Crippen molar-refractivity contribution in [3.05, 3.63) is 97.5 Å². The predicted molar refractivity (Wildman–Crippen MR) is 231 cm³/mol. The van der Waals surface area contributed by atoms with Gasteiger partial charge in [0.05, 0.1) is 46.8 Å². The van der Waals surface area contributed by atoms with E-state index in [2.05, 4.69) is 33.0 Å². The molecule has 322 valence electrons. The minimum Gasteiger partial charge on any atom is -0.492 e. The minimum atomic E-state index is -0.673. The molecule has 3 saturated heterocycles. The number of ether oxygens (including phenoxy) is 2. The first-order valence-corrected chi connectivity index (χ1v) is 23.0. The van der Waals surface area contributed by atoms with Crippen molar-refractivity contribution in [2.45, 2.75) is 106 Å². The van der Waals surface area contributed by atoms with Crippen LogP contribution >= 0.6 is 11.6 Å². The highest BCUT2D eigenvalue weighted by Crippen LogP contribution is 2.53. The molecule has 4 fully saturated rings. The second-order valence-corrected chi connectivity index (χ2v) is 19.0. The van der Waals surface area contributed by atoms with Gasteiger partial charge in [-0.15, -0.1) is 0 Å². The molecule has 13 nitrogen and oxygen atoms in total. The lowest BCUT2D eigenvalue weighted by molar-refractivity contribution is -0.136. The van der Waals surface area contributed by atoms with Gasteiger partial charge < -0.3 is 24.2 Å². The summed E-state index contributed by atoms with van der Waals surface area (Å²) in [7, 11) is 0. The summed E-state index contributed by atoms with van der Waals surface area (Å²) < 4.78 is 14.3. The van der Waals surface area contributed by atoms with E-state index in [9.17, 15) is 24.0 Å². The summed E-state index contributed by atoms with van der Waals surface area (Å²) in [6.07, 6.45) is 10.0. The monoisotopic (exact) mass is 858 g/mol. The molecular weight excluding hydrogens is 808 g/mol. The van der Waals surface area contributed by atoms with Crippen molar-refractivity contribution in [3.8, 4) is 11.4 Å². The maximum Gasteiger partial charge on any atom is 0.409 e. The van der Waals surface area contributed by atoms with E-state index in [0.29, 0.717) is 54.6 Å². The Balaban J connectivity index is 0.673. The van der Waals surface area contributed by atoms with Crippen LogP contribution in [0.3, 0.4) is 0 Å². The number of carbonyl (C=O) groups is 4. The van der Waals surface area contributed by atoms with Crippen molar-refractivity contribution in [1.29, 1.82) is 0 Å². The first-order valence-electron chi connectivity index (χ1n) is 22.6. The van der Waals surface area contributed by atoms with Crippen LogP contribution in [0.1, 0.15) is 121 Å². The van der Waals surface area contributed by atoms with Crippen molar-refractivity contribution < 1.29 is 28.7 Å². The Bertz CT molecular complexity index is 2600. The first-order chi connectivity index (χ1) is 30.1. The van der Waals surface area contributed by atoms with Crippen molar-refractivity contribution in [2.75, 3.05) is 45.9 Å². The van der Waals surface area contributed by atoms with Crippen LogP contribution in [0.2, 0.25) is 5.02 Å². The van der Waals surface area contributed by atoms with Gasteiger partial charge in [0.1, 0.15) is 17.6 Å². The minimum absolute atomic E-state index is 0.210. The quantitative estimate of drug-likeness (QED) is 0.170. The first kappa shape index (κ1) is 39.6. The van der Waals surface area contributed by atoms with Crippen molar-refractivity contribution in [2.24, 2.45) is 0 Å². The lowest BCUT2D eigenvalue weighted by atomic mass is 9.69. The Kier molecular flexibility index (Phi) is 9.71. The second-order valence-electron chi connectivity index (χ2n) is 18.6. The number of carbonyl (C=O) groups excluding carboxylic acids is 4. The van der Waals surface area contributed by atoms with E-state index in [1.54, 1.807) is 15.9 Å². The number of rotatable bonds is 6. The van der Waals surface area contributed by atoms with E-state index in [1.165, 1.54) is 17.5 Å². The third-order valence-electron chi connectivity index (χ3n) is 15.4. The van der Waals surface area contributed by atoms with Crippen LogP contribution < -0.4 is 15.6 Å². The third-order valence-corrected chi connectivity index (χ3v) is 15.7. The van der Waals surface area contributed by atoms with Crippen molar-refractivity contribution in [1.82, 2.24) is 29.6 Å². The molecule has 7 heterocycles. The molecule has 2 spiro atoms. The number of amides is 4. The Hall–Kier alpha value is -5.27. The molecule has 0 radical (unpaired) electrons. The summed E-state index contributed by atoms with van der Waals surface area (Å²) in [5, 5.41) is 3.30. The Labute approximate surface area is 364 Å². The topological polar surface area (TPSA) is 143 Å². The zero-order valence-corrected chi connectivity index (χ0v) is 35.6. The molecule has 0 bridgehead atoms. The zero-order valence-electron chi connectivity index (χ0n) is 34.9. The fourth-order valence-electron chi connectivity index (χ4n) is 12.0. The Morgan fingerprint density at radius 2 is 1.73 bits per heavy atom. The Morgan fingerprint density at radius 3 is 2.52 bits per heavy atom. The summed E-state index contributed by atoms with van der Waals surface area (Å²) in [6, 6.07) is 15.8. The number of nitrogens with zero attached hydrogens (tertiary/aromatic N) is 5. The van der Waals surface area contributed by atoms with Crippen molar-refractivity contribution >= 4 is 46.3 Å². The lowest BCUT2D eigenvalue weighted by Gasteiger charge is -2.38. The highest BCUT2D eigenvalue weighted by molar-refractivity contribution is 6.35. The number of fused-ring (bicyclic) bond motifs is 11. The van der Waals surface area contributed by atoms with Gasteiger partial charge in [0.25, 0.3) is 11.5 Å². The van der Waals surface area contributed by atoms with Crippen LogP contribution in [0.15, 0.2) is 53.3 Å². The van der Waals surface area contributed by atoms with Gasteiger partial charge >= 0.3 is 6.09 Å². The zero-order chi connectivity index (χ0) is 42.3. The number of halogens is 1. The molecule has 62 heavy (non-hydrogen) atoms. The van der Waals surface area contributed by atoms with E-state index >= 15 is 0 Å². The average Bonchev–Trinajstić information content (AvgIpc) is 3.90. The molecule has 14 heteroatoms. The van der Waals surface area contributed by atoms with Gasteiger partial charge in [0.15, 0.2) is 0 Å². The second kappa shape index (κ2) is 15.2. The lowest BCUT2D eigenvalue weighted by Crippen LogP contribution is -2.52. The Morgan fingerprint density at radius 1 is 0.919 bits per heavy atom. The van der Waals surface area contributed by atoms with E-state index in [4.69, 9.17) is 26.1 Å². The summed E-state index contributed by atoms with van der Waals surface area (Å²) >= 11 is 6.56. The van der Waals surface area contributed by atoms with Crippen LogP contribution in [0, 0.1) is 0 Å². The van der Waals surface area contributed by atoms with Gasteiger partial charge in [0.2, 0.25) is 11.8 Å². The van der Waals surface area contributed by atoms with E-state index in [1.807, 2.05) is 24.3 Å². The smallest absolute Gasteiger partial charge is 0.409 e. The number of benzene rings is 3. The molecule has 3 aromatic carbocycles. The number of hydrogen-bond acceptors (Lipinski definition) is 9. The third kappa shape index (κ3) is 6.27. The van der Waals surface area contributed by atoms with Gasteiger partial charge in [0, 0.05) is 48.2 Å². The molecule has 7 aliphatic rings. The van der Waals surface area contributed by atoms with Crippen LogP contribution in [-0.4, -0.2) is 100 Å². The predicted octanol–water partition coefficient (Wildman–Crippen LogP) is 6.50. The summed E-state index contributed by atoms with van der Waals surface area (Å²) in [5.74, 6) is 1.11. The SMILES string of the molecule is O=C1CC[C@H](N2Cc3c(ccc4c3OCC43CCN(C(=O)OCCCN4CCC(c5ccc6c(c5)C5(CCCCC5)c5nc(=O)c7c(Cl)cccc7n5-6)CC4)CC3)C2=O)C(=O)N1. The molecule has 1 N–H and O–H groups in total. The van der Waals surface area contributed by atoms with Gasteiger partial charge in [-0.3, -0.25) is 29.1 Å². The molecule has 1 aliphatic carbocycles. The fraction of sp³-hybridized carbons (Fsp3) is 0.500. The van der Waals surface area contributed by atoms with Crippen LogP contribution in [0.5, 0.6) is 5.75 Å². The maximum absolute atomic E-state index is 13.4. The van der Waals surface area contributed by atoms with Crippen LogP contribution in [0.25, 0.3) is 16.6 Å². The van der Waals surface area contributed by atoms with Crippen molar-refractivity contribution in [3.63, 3.8) is 0 Å². The molecule has 11 rings (SSSR count). The molecule has 0 unspecified atom stereocenters. The highest BCUT2D eigenvalue weighted by atomic mass is 35.5. The fourth-order valence-corrected chi connectivity index (χ4v) is 12.2. The maximum atomic E-state index is 13.4. The number of hydrogen-bond donors (Lipinski definition) is 1. The standard InChI is InChI=1S/C48H51ClN6O7/c49-35-6-4-7-37-40(35)43(58)51-45-48(16-2-1-3-17-48)34-26-30(8-11-36(34)55(37)45)29-14-21-52(22-15-29)20-5-25-61-46(60)53-23-18-47(19-24-53)28-62-41-32-27-54(38-12-13-39(56)50-42(38)57)44(59)31(32)9-10-33(41)47/h4,6-11,26,29,38H,1-3,5,12-25,27-28H2,(H,50,56,57)/t38-/m0/s1. The highest BCUT2D eigenvalue weighted by Gasteiger charge is 2.49. The number of likely N-dealkylation sites (tertiary alicyclic amines) is 2. The van der Waals surface area contributed by atoms with Gasteiger partial charge in [-0.2, -0.15) is 4.98 Å². The molecule has 1 aromatic heterocycles. The van der Waals surface area contributed by atoms with E-state index in [0.717, 1.165) is 111 Å². The number of imide groups is 1. The van der Waals surface area contributed by atoms with E-state index in [-0.39, 0.29) is 47.3 Å². The summed E-state index contributed by atoms with van der Waals surface area (Å²) in [5.41, 5.74) is 6.32. The molecule has 6 aliphatic heterocycles. The molecule has 4 aromatic rings. The number of aromatic nitrogens is 2. The molecule has 1 saturated carbocycles. The number of nitrogens with one attached hydrogen (secondary N) is 1. The number of piperidine rings is 3.